The van der Waals surface area contributed by atoms with Crippen molar-refractivity contribution in [2.45, 2.75) is 47.0 Å². The van der Waals surface area contributed by atoms with E-state index >= 15 is 0 Å². The Morgan fingerprint density at radius 3 is 2.12 bits per heavy atom. The lowest BCUT2D eigenvalue weighted by Gasteiger charge is -2.33. The van der Waals surface area contributed by atoms with Crippen molar-refractivity contribution in [3.8, 4) is 0 Å². The van der Waals surface area contributed by atoms with Gasteiger partial charge in [0, 0.05) is 26.8 Å². The summed E-state index contributed by atoms with van der Waals surface area (Å²) in [6, 6.07) is 0. The second kappa shape index (κ2) is 8.06. The highest BCUT2D eigenvalue weighted by Gasteiger charge is 2.25. The van der Waals surface area contributed by atoms with Crippen LogP contribution in [0.15, 0.2) is 0 Å². The van der Waals surface area contributed by atoms with Crippen molar-refractivity contribution in [2.24, 2.45) is 16.6 Å². The molecular weight excluding hydrogens is 212 g/mol. The van der Waals surface area contributed by atoms with Crippen molar-refractivity contribution in [3.63, 3.8) is 0 Å². The highest BCUT2D eigenvalue weighted by Crippen LogP contribution is 2.25. The van der Waals surface area contributed by atoms with Crippen LogP contribution in [-0.4, -0.2) is 33.4 Å². The van der Waals surface area contributed by atoms with Gasteiger partial charge in [-0.2, -0.15) is 0 Å². The first-order chi connectivity index (χ1) is 7.95. The van der Waals surface area contributed by atoms with Crippen molar-refractivity contribution < 1.29 is 4.74 Å². The molecule has 0 aromatic carbocycles. The largest absolute Gasteiger partial charge is 0.385 e. The molecule has 0 heterocycles. The van der Waals surface area contributed by atoms with E-state index < -0.39 is 0 Å². The molecule has 0 aromatic rings. The summed E-state index contributed by atoms with van der Waals surface area (Å²) < 4.78 is 5.14. The lowest BCUT2D eigenvalue weighted by molar-refractivity contribution is 0.146. The zero-order chi connectivity index (χ0) is 13.4. The van der Waals surface area contributed by atoms with Gasteiger partial charge in [-0.15, -0.1) is 0 Å². The van der Waals surface area contributed by atoms with Crippen LogP contribution in [0.2, 0.25) is 0 Å². The average molecular weight is 244 g/mol. The van der Waals surface area contributed by atoms with Gasteiger partial charge in [0.05, 0.1) is 0 Å². The lowest BCUT2D eigenvalue weighted by Crippen LogP contribution is -2.42. The fraction of sp³-hybridized carbons (Fsp3) is 1.00. The molecular formula is C14H32N2O. The van der Waals surface area contributed by atoms with E-state index in [2.05, 4.69) is 33.0 Å². The van der Waals surface area contributed by atoms with E-state index in [0.717, 1.165) is 45.5 Å². The molecule has 3 nitrogen and oxygen atoms in total. The third-order valence-corrected chi connectivity index (χ3v) is 4.02. The van der Waals surface area contributed by atoms with Crippen LogP contribution < -0.4 is 11.1 Å². The summed E-state index contributed by atoms with van der Waals surface area (Å²) >= 11 is 0. The minimum Gasteiger partial charge on any atom is -0.385 e. The first-order valence-electron chi connectivity index (χ1n) is 6.85. The fourth-order valence-electron chi connectivity index (χ4n) is 1.99. The summed E-state index contributed by atoms with van der Waals surface area (Å²) in [5.41, 5.74) is 6.46. The van der Waals surface area contributed by atoms with Gasteiger partial charge in [0.2, 0.25) is 0 Å². The zero-order valence-electron chi connectivity index (χ0n) is 12.4. The lowest BCUT2D eigenvalue weighted by atomic mass is 9.81. The van der Waals surface area contributed by atoms with Crippen LogP contribution in [0.5, 0.6) is 0 Å². The van der Waals surface area contributed by atoms with Crippen LogP contribution in [0, 0.1) is 10.8 Å². The summed E-state index contributed by atoms with van der Waals surface area (Å²) in [5, 5.41) is 3.59. The Morgan fingerprint density at radius 2 is 1.71 bits per heavy atom. The highest BCUT2D eigenvalue weighted by molar-refractivity contribution is 4.81. The van der Waals surface area contributed by atoms with Gasteiger partial charge in [-0.25, -0.2) is 0 Å². The smallest absolute Gasteiger partial charge is 0.0467 e. The second-order valence-corrected chi connectivity index (χ2v) is 5.92. The van der Waals surface area contributed by atoms with Gasteiger partial charge in [0.1, 0.15) is 0 Å². The predicted molar refractivity (Wildman–Crippen MR) is 75.2 cm³/mol. The number of nitrogens with one attached hydrogen (secondary N) is 1. The molecule has 0 saturated heterocycles. The Morgan fingerprint density at radius 1 is 1.12 bits per heavy atom. The molecule has 0 rings (SSSR count). The minimum atomic E-state index is 0.275. The maximum absolute atomic E-state index is 5.90. The first-order valence-corrected chi connectivity index (χ1v) is 6.85. The van der Waals surface area contributed by atoms with Gasteiger partial charge in [-0.05, 0) is 36.6 Å². The van der Waals surface area contributed by atoms with Crippen LogP contribution >= 0.6 is 0 Å². The monoisotopic (exact) mass is 244 g/mol. The van der Waals surface area contributed by atoms with Crippen LogP contribution in [0.25, 0.3) is 0 Å². The van der Waals surface area contributed by atoms with E-state index in [1.165, 1.54) is 0 Å². The normalized spacial score (nSPS) is 13.1. The van der Waals surface area contributed by atoms with E-state index in [9.17, 15) is 0 Å². The summed E-state index contributed by atoms with van der Waals surface area (Å²) in [7, 11) is 1.76. The second-order valence-electron chi connectivity index (χ2n) is 5.92. The van der Waals surface area contributed by atoms with Crippen LogP contribution in [0.4, 0.5) is 0 Å². The van der Waals surface area contributed by atoms with Crippen molar-refractivity contribution in [1.29, 1.82) is 0 Å². The number of hydrogen-bond acceptors (Lipinski definition) is 3. The Bertz CT molecular complexity index is 180. The molecule has 3 N–H and O–H groups in total. The van der Waals surface area contributed by atoms with E-state index in [1.807, 2.05) is 0 Å². The molecule has 0 spiro atoms. The SMILES string of the molecule is CCC(CC)(CN)CNCC(C)(C)CCOC. The third-order valence-electron chi connectivity index (χ3n) is 4.02. The molecule has 0 aliphatic rings. The van der Waals surface area contributed by atoms with Gasteiger partial charge in [-0.3, -0.25) is 0 Å². The molecule has 3 heteroatoms. The quantitative estimate of drug-likeness (QED) is 0.620. The van der Waals surface area contributed by atoms with E-state index in [-0.39, 0.29) is 10.8 Å². The Balaban J connectivity index is 4.02. The number of nitrogens with two attached hydrogens (primary N) is 1. The maximum Gasteiger partial charge on any atom is 0.0467 e. The number of methoxy groups -OCH3 is 1. The Hall–Kier alpha value is -0.120. The summed E-state index contributed by atoms with van der Waals surface area (Å²) in [6.45, 7) is 12.7. The summed E-state index contributed by atoms with van der Waals surface area (Å²) in [6.07, 6.45) is 3.38. The summed E-state index contributed by atoms with van der Waals surface area (Å²) in [4.78, 5) is 0. The van der Waals surface area contributed by atoms with Crippen molar-refractivity contribution in [2.75, 3.05) is 33.4 Å². The number of hydrogen-bond donors (Lipinski definition) is 2. The molecule has 0 atom stereocenters. The molecule has 17 heavy (non-hydrogen) atoms. The third kappa shape index (κ3) is 6.39. The molecule has 0 aromatic heterocycles. The molecule has 0 radical (unpaired) electrons. The van der Waals surface area contributed by atoms with Gasteiger partial charge < -0.3 is 15.8 Å². The van der Waals surface area contributed by atoms with Crippen molar-refractivity contribution in [3.05, 3.63) is 0 Å². The number of ether oxygens (including phenoxy) is 1. The Kier molecular flexibility index (Phi) is 8.01. The van der Waals surface area contributed by atoms with Crippen LogP contribution in [0.1, 0.15) is 47.0 Å². The van der Waals surface area contributed by atoms with Gasteiger partial charge >= 0.3 is 0 Å². The summed E-state index contributed by atoms with van der Waals surface area (Å²) in [5.74, 6) is 0. The van der Waals surface area contributed by atoms with E-state index in [0.29, 0.717) is 0 Å². The molecule has 0 bridgehead atoms. The molecule has 104 valence electrons. The zero-order valence-corrected chi connectivity index (χ0v) is 12.4. The molecule has 0 saturated carbocycles. The molecule has 0 fully saturated rings. The first kappa shape index (κ1) is 16.9. The van der Waals surface area contributed by atoms with Gasteiger partial charge in [-0.1, -0.05) is 27.7 Å². The highest BCUT2D eigenvalue weighted by atomic mass is 16.5. The van der Waals surface area contributed by atoms with Gasteiger partial charge in [0.15, 0.2) is 0 Å². The molecule has 0 unspecified atom stereocenters. The van der Waals surface area contributed by atoms with Gasteiger partial charge in [0.25, 0.3) is 0 Å². The molecule has 0 aliphatic carbocycles. The minimum absolute atomic E-state index is 0.275. The van der Waals surface area contributed by atoms with Crippen molar-refractivity contribution >= 4 is 0 Å². The number of rotatable bonds is 10. The Labute approximate surface area is 107 Å². The maximum atomic E-state index is 5.90. The topological polar surface area (TPSA) is 47.3 Å². The fourth-order valence-corrected chi connectivity index (χ4v) is 1.99. The van der Waals surface area contributed by atoms with Crippen molar-refractivity contribution in [1.82, 2.24) is 5.32 Å². The van der Waals surface area contributed by atoms with E-state index in [4.69, 9.17) is 10.5 Å². The standard InChI is InChI=1S/C14H32N2O/c1-6-14(7-2,10-15)12-16-11-13(3,4)8-9-17-5/h16H,6-12,15H2,1-5H3. The average Bonchev–Trinajstić information content (AvgIpc) is 2.33. The molecule has 0 amide bonds. The predicted octanol–water partition coefficient (Wildman–Crippen LogP) is 2.40. The van der Waals surface area contributed by atoms with E-state index in [1.54, 1.807) is 7.11 Å². The van der Waals surface area contributed by atoms with Crippen LogP contribution in [0.3, 0.4) is 0 Å². The molecule has 0 aliphatic heterocycles. The van der Waals surface area contributed by atoms with Crippen LogP contribution in [-0.2, 0) is 4.74 Å².